The van der Waals surface area contributed by atoms with E-state index in [0.717, 1.165) is 15.6 Å². The highest BCUT2D eigenvalue weighted by Crippen LogP contribution is 2.33. The van der Waals surface area contributed by atoms with Gasteiger partial charge in [-0.2, -0.15) is 14.6 Å². The van der Waals surface area contributed by atoms with E-state index in [2.05, 4.69) is 20.4 Å². The highest BCUT2D eigenvalue weighted by atomic mass is 35.5. The van der Waals surface area contributed by atoms with Gasteiger partial charge in [0.25, 0.3) is 11.7 Å². The number of halogens is 1. The number of aromatic nitrogens is 4. The number of rotatable bonds is 6. The quantitative estimate of drug-likeness (QED) is 0.465. The Bertz CT molecular complexity index is 1160. The maximum atomic E-state index is 12.4. The maximum absolute atomic E-state index is 12.4. The number of hydrogen-bond donors (Lipinski definition) is 1. The van der Waals surface area contributed by atoms with E-state index in [0.29, 0.717) is 22.2 Å². The lowest BCUT2D eigenvalue weighted by Gasteiger charge is -2.12. The van der Waals surface area contributed by atoms with Gasteiger partial charge in [0.1, 0.15) is 17.1 Å². The van der Waals surface area contributed by atoms with Crippen molar-refractivity contribution in [1.82, 2.24) is 19.6 Å². The number of carbonyl (C=O) groups is 1. The Balaban J connectivity index is 1.48. The van der Waals surface area contributed by atoms with Crippen LogP contribution in [0.3, 0.4) is 0 Å². The van der Waals surface area contributed by atoms with Crippen LogP contribution in [0.1, 0.15) is 5.69 Å². The highest BCUT2D eigenvalue weighted by molar-refractivity contribution is 7.99. The molecular weight excluding hydrogens is 410 g/mol. The second-order valence-electron chi connectivity index (χ2n) is 6.10. The number of anilines is 1. The predicted octanol–water partition coefficient (Wildman–Crippen LogP) is 4.25. The fourth-order valence-corrected chi connectivity index (χ4v) is 3.78. The summed E-state index contributed by atoms with van der Waals surface area (Å²) in [7, 11) is 0. The summed E-state index contributed by atoms with van der Waals surface area (Å²) < 4.78 is 7.17. The van der Waals surface area contributed by atoms with E-state index < -0.39 is 0 Å². The monoisotopic (exact) mass is 425 g/mol. The van der Waals surface area contributed by atoms with Crippen molar-refractivity contribution < 1.29 is 9.53 Å². The lowest BCUT2D eigenvalue weighted by Crippen LogP contribution is -2.20. The zero-order valence-electron chi connectivity index (χ0n) is 15.4. The van der Waals surface area contributed by atoms with Gasteiger partial charge in [-0.1, -0.05) is 35.5 Å². The van der Waals surface area contributed by atoms with Crippen molar-refractivity contribution in [3.8, 4) is 5.75 Å². The summed E-state index contributed by atoms with van der Waals surface area (Å²) in [5.41, 5.74) is 1.52. The summed E-state index contributed by atoms with van der Waals surface area (Å²) in [4.78, 5) is 21.7. The number of hydrogen-bond acceptors (Lipinski definition) is 6. The molecule has 9 heteroatoms. The van der Waals surface area contributed by atoms with Gasteiger partial charge in [-0.15, -0.1) is 0 Å². The van der Waals surface area contributed by atoms with Gasteiger partial charge in [-0.3, -0.25) is 4.79 Å². The molecule has 0 spiro atoms. The number of amides is 1. The molecule has 0 bridgehead atoms. The van der Waals surface area contributed by atoms with Gasteiger partial charge >= 0.3 is 0 Å². The molecule has 4 rings (SSSR count). The van der Waals surface area contributed by atoms with Gasteiger partial charge in [0, 0.05) is 15.6 Å². The molecule has 2 aromatic carbocycles. The van der Waals surface area contributed by atoms with Crippen molar-refractivity contribution in [3.05, 3.63) is 71.6 Å². The number of benzene rings is 2. The molecule has 0 aliphatic carbocycles. The number of nitrogens with zero attached hydrogens (tertiary/aromatic N) is 4. The van der Waals surface area contributed by atoms with Gasteiger partial charge < -0.3 is 10.1 Å². The predicted molar refractivity (Wildman–Crippen MR) is 112 cm³/mol. The van der Waals surface area contributed by atoms with E-state index in [9.17, 15) is 4.79 Å². The van der Waals surface area contributed by atoms with Crippen LogP contribution in [-0.4, -0.2) is 32.1 Å². The zero-order chi connectivity index (χ0) is 20.2. The average Bonchev–Trinajstić information content (AvgIpc) is 3.17. The fraction of sp³-hybridized carbons (Fsp3) is 0.100. The average molecular weight is 426 g/mol. The van der Waals surface area contributed by atoms with Crippen LogP contribution in [0.4, 0.5) is 5.69 Å². The first-order valence-corrected chi connectivity index (χ1v) is 9.90. The number of ether oxygens (including phenoxy) is 1. The second kappa shape index (κ2) is 8.50. The van der Waals surface area contributed by atoms with Crippen LogP contribution >= 0.6 is 23.4 Å². The van der Waals surface area contributed by atoms with E-state index in [1.165, 1.54) is 18.1 Å². The molecular formula is C20H16ClN5O2S. The Hall–Kier alpha value is -3.10. The molecule has 7 nitrogen and oxygen atoms in total. The summed E-state index contributed by atoms with van der Waals surface area (Å²) >= 11 is 7.32. The fourth-order valence-electron chi connectivity index (χ4n) is 2.61. The van der Waals surface area contributed by atoms with Crippen molar-refractivity contribution in [1.29, 1.82) is 0 Å². The third-order valence-electron chi connectivity index (χ3n) is 3.91. The van der Waals surface area contributed by atoms with Crippen molar-refractivity contribution in [3.63, 3.8) is 0 Å². The Morgan fingerprint density at radius 2 is 2.00 bits per heavy atom. The summed E-state index contributed by atoms with van der Waals surface area (Å²) in [6.45, 7) is 1.79. The molecule has 2 aromatic heterocycles. The molecule has 0 radical (unpaired) electrons. The molecule has 146 valence electrons. The molecule has 0 aliphatic rings. The van der Waals surface area contributed by atoms with Crippen LogP contribution in [0, 0.1) is 6.92 Å². The first-order chi connectivity index (χ1) is 14.1. The van der Waals surface area contributed by atoms with E-state index in [1.807, 2.05) is 37.3 Å². The molecule has 1 N–H and O–H groups in total. The smallest absolute Gasteiger partial charge is 0.262 e. The molecule has 0 saturated carbocycles. The number of nitrogens with one attached hydrogen (secondary N) is 1. The molecule has 0 fully saturated rings. The van der Waals surface area contributed by atoms with Crippen LogP contribution in [0.25, 0.3) is 5.78 Å². The summed E-state index contributed by atoms with van der Waals surface area (Å²) in [5, 5.41) is 8.58. The number of carbonyl (C=O) groups excluding carboxylic acids is 1. The van der Waals surface area contributed by atoms with Crippen LogP contribution in [0.5, 0.6) is 5.75 Å². The third-order valence-corrected chi connectivity index (χ3v) is 5.23. The van der Waals surface area contributed by atoms with Gasteiger partial charge in [-0.05, 0) is 49.4 Å². The standard InChI is InChI=1S/C20H16ClN5O2S/c1-13-10-19(26-20(24-13)22-12-23-26)29-17-5-3-2-4-16(17)25-18(27)11-28-15-8-6-14(21)7-9-15/h2-10,12H,11H2,1H3,(H,25,27). The lowest BCUT2D eigenvalue weighted by molar-refractivity contribution is -0.118. The van der Waals surface area contributed by atoms with E-state index >= 15 is 0 Å². The van der Waals surface area contributed by atoms with Crippen molar-refractivity contribution in [2.75, 3.05) is 11.9 Å². The van der Waals surface area contributed by atoms with Gasteiger partial charge in [-0.25, -0.2) is 4.98 Å². The zero-order valence-corrected chi connectivity index (χ0v) is 16.9. The van der Waals surface area contributed by atoms with Crippen molar-refractivity contribution in [2.24, 2.45) is 0 Å². The number of fused-ring (bicyclic) bond motifs is 1. The summed E-state index contributed by atoms with van der Waals surface area (Å²) in [6, 6.07) is 16.3. The lowest BCUT2D eigenvalue weighted by atomic mass is 10.3. The van der Waals surface area contributed by atoms with Crippen LogP contribution in [0.2, 0.25) is 5.02 Å². The SMILES string of the molecule is Cc1cc(Sc2ccccc2NC(=O)COc2ccc(Cl)cc2)n2ncnc2n1. The van der Waals surface area contributed by atoms with E-state index in [-0.39, 0.29) is 12.5 Å². The highest BCUT2D eigenvalue weighted by Gasteiger charge is 2.12. The van der Waals surface area contributed by atoms with Gasteiger partial charge in [0.2, 0.25) is 0 Å². The normalized spacial score (nSPS) is 10.8. The Morgan fingerprint density at radius 3 is 2.83 bits per heavy atom. The third kappa shape index (κ3) is 4.67. The number of aryl methyl sites for hydroxylation is 1. The molecule has 1 amide bonds. The minimum absolute atomic E-state index is 0.109. The van der Waals surface area contributed by atoms with Crippen molar-refractivity contribution >= 4 is 40.7 Å². The summed E-state index contributed by atoms with van der Waals surface area (Å²) in [6.07, 6.45) is 1.47. The van der Waals surface area contributed by atoms with Crippen molar-refractivity contribution in [2.45, 2.75) is 16.8 Å². The first kappa shape index (κ1) is 19.2. The molecule has 0 atom stereocenters. The van der Waals surface area contributed by atoms with Crippen LogP contribution in [0.15, 0.2) is 70.8 Å². The minimum Gasteiger partial charge on any atom is -0.484 e. The summed E-state index contributed by atoms with van der Waals surface area (Å²) in [5.74, 6) is 0.850. The maximum Gasteiger partial charge on any atom is 0.262 e. The molecule has 29 heavy (non-hydrogen) atoms. The topological polar surface area (TPSA) is 81.4 Å². The first-order valence-electron chi connectivity index (χ1n) is 8.71. The molecule has 0 unspecified atom stereocenters. The van der Waals surface area contributed by atoms with E-state index in [4.69, 9.17) is 16.3 Å². The Labute approximate surface area is 176 Å². The number of para-hydroxylation sites is 1. The Kier molecular flexibility index (Phi) is 5.64. The minimum atomic E-state index is -0.259. The molecule has 0 aliphatic heterocycles. The van der Waals surface area contributed by atoms with E-state index in [1.54, 1.807) is 28.8 Å². The molecule has 0 saturated heterocycles. The van der Waals surface area contributed by atoms with Gasteiger partial charge in [0.05, 0.1) is 5.69 Å². The van der Waals surface area contributed by atoms with Crippen LogP contribution in [-0.2, 0) is 4.79 Å². The molecule has 2 heterocycles. The van der Waals surface area contributed by atoms with Gasteiger partial charge in [0.15, 0.2) is 6.61 Å². The van der Waals surface area contributed by atoms with Crippen LogP contribution < -0.4 is 10.1 Å². The molecule has 4 aromatic rings. The second-order valence-corrected chi connectivity index (χ2v) is 7.60. The largest absolute Gasteiger partial charge is 0.484 e. The Morgan fingerprint density at radius 1 is 1.21 bits per heavy atom.